The molecule has 0 aliphatic heterocycles. The third kappa shape index (κ3) is 3.50. The van der Waals surface area contributed by atoms with Crippen molar-refractivity contribution in [1.82, 2.24) is 4.98 Å². The minimum atomic E-state index is -3.62. The number of hydrogen-bond donors (Lipinski definition) is 0. The minimum absolute atomic E-state index is 0.156. The molecule has 0 saturated heterocycles. The van der Waals surface area contributed by atoms with Gasteiger partial charge in [-0.25, -0.2) is 4.98 Å². The topological polar surface area (TPSA) is 50.3 Å². The van der Waals surface area contributed by atoms with Gasteiger partial charge in [0.1, 0.15) is 0 Å². The second kappa shape index (κ2) is 6.38. The fraction of sp³-hybridized carbons (Fsp3) is 0.438. The highest BCUT2D eigenvalue weighted by Crippen LogP contribution is 2.28. The van der Waals surface area contributed by atoms with E-state index in [4.69, 9.17) is 0 Å². The fourth-order valence-corrected chi connectivity index (χ4v) is 4.85. The SMILES string of the molecule is Cc1csc(S(=O)(=O)N(CC(C)C)c2ccc(C)c(C)c2)n1. The van der Waals surface area contributed by atoms with Gasteiger partial charge in [0.2, 0.25) is 4.34 Å². The standard InChI is InChI=1S/C16H22N2O2S2/c1-11(2)9-18(15-7-6-12(3)13(4)8-15)22(19,20)16-17-14(5)10-21-16/h6-8,10-11H,9H2,1-5H3. The monoisotopic (exact) mass is 338 g/mol. The van der Waals surface area contributed by atoms with E-state index >= 15 is 0 Å². The molecule has 0 unspecified atom stereocenters. The maximum Gasteiger partial charge on any atom is 0.291 e. The van der Waals surface area contributed by atoms with Crippen molar-refractivity contribution in [2.75, 3.05) is 10.8 Å². The molecule has 0 spiro atoms. The Balaban J connectivity index is 2.52. The maximum atomic E-state index is 13.0. The van der Waals surface area contributed by atoms with Crippen LogP contribution in [0.5, 0.6) is 0 Å². The molecule has 0 bridgehead atoms. The first kappa shape index (κ1) is 17.0. The molecule has 6 heteroatoms. The highest BCUT2D eigenvalue weighted by atomic mass is 32.2. The van der Waals surface area contributed by atoms with Crippen LogP contribution in [0, 0.1) is 26.7 Å². The molecular weight excluding hydrogens is 316 g/mol. The number of rotatable bonds is 5. The molecule has 22 heavy (non-hydrogen) atoms. The third-order valence-corrected chi connectivity index (χ3v) is 6.56. The van der Waals surface area contributed by atoms with E-state index < -0.39 is 10.0 Å². The van der Waals surface area contributed by atoms with Gasteiger partial charge in [-0.3, -0.25) is 4.31 Å². The first-order chi connectivity index (χ1) is 10.2. The summed E-state index contributed by atoms with van der Waals surface area (Å²) in [7, 11) is -3.62. The largest absolute Gasteiger partial charge is 0.291 e. The summed E-state index contributed by atoms with van der Waals surface area (Å²) in [6, 6.07) is 5.75. The average Bonchev–Trinajstić information content (AvgIpc) is 2.86. The average molecular weight is 338 g/mol. The molecular formula is C16H22N2O2S2. The molecule has 0 amide bonds. The number of aryl methyl sites for hydroxylation is 3. The lowest BCUT2D eigenvalue weighted by atomic mass is 10.1. The highest BCUT2D eigenvalue weighted by Gasteiger charge is 2.28. The summed E-state index contributed by atoms with van der Waals surface area (Å²) in [6.07, 6.45) is 0. The smallest absolute Gasteiger partial charge is 0.264 e. The van der Waals surface area contributed by atoms with Crippen molar-refractivity contribution in [3.05, 3.63) is 40.4 Å². The quantitative estimate of drug-likeness (QED) is 0.830. The first-order valence-electron chi connectivity index (χ1n) is 7.24. The van der Waals surface area contributed by atoms with Crippen molar-refractivity contribution >= 4 is 27.0 Å². The van der Waals surface area contributed by atoms with Crippen molar-refractivity contribution in [2.24, 2.45) is 5.92 Å². The molecule has 4 nitrogen and oxygen atoms in total. The summed E-state index contributed by atoms with van der Waals surface area (Å²) in [5.74, 6) is 0.220. The van der Waals surface area contributed by atoms with Crippen LogP contribution < -0.4 is 4.31 Å². The van der Waals surface area contributed by atoms with Crippen LogP contribution in [-0.4, -0.2) is 19.9 Å². The van der Waals surface area contributed by atoms with Gasteiger partial charge in [-0.15, -0.1) is 11.3 Å². The zero-order chi connectivity index (χ0) is 16.5. The van der Waals surface area contributed by atoms with Gasteiger partial charge in [-0.05, 0) is 49.9 Å². The van der Waals surface area contributed by atoms with Crippen molar-refractivity contribution in [3.63, 3.8) is 0 Å². The van der Waals surface area contributed by atoms with Gasteiger partial charge >= 0.3 is 0 Å². The molecule has 0 radical (unpaired) electrons. The number of anilines is 1. The molecule has 2 rings (SSSR count). The lowest BCUT2D eigenvalue weighted by molar-refractivity contribution is 0.577. The Morgan fingerprint density at radius 3 is 2.36 bits per heavy atom. The van der Waals surface area contributed by atoms with E-state index in [0.717, 1.165) is 16.8 Å². The highest BCUT2D eigenvalue weighted by molar-refractivity contribution is 7.94. The van der Waals surface area contributed by atoms with Gasteiger partial charge in [-0.2, -0.15) is 8.42 Å². The molecule has 0 saturated carbocycles. The maximum absolute atomic E-state index is 13.0. The van der Waals surface area contributed by atoms with Crippen LogP contribution in [0.25, 0.3) is 0 Å². The number of thiazole rings is 1. The minimum Gasteiger partial charge on any atom is -0.264 e. The molecule has 0 N–H and O–H groups in total. The summed E-state index contributed by atoms with van der Waals surface area (Å²) in [5, 5.41) is 1.76. The summed E-state index contributed by atoms with van der Waals surface area (Å²) >= 11 is 1.17. The van der Waals surface area contributed by atoms with Gasteiger partial charge in [0.15, 0.2) is 0 Å². The lowest BCUT2D eigenvalue weighted by Gasteiger charge is -2.25. The van der Waals surface area contributed by atoms with Crippen LogP contribution in [-0.2, 0) is 10.0 Å². The Bertz CT molecular complexity index is 764. The summed E-state index contributed by atoms with van der Waals surface area (Å²) in [6.45, 7) is 10.3. The van der Waals surface area contributed by atoms with Crippen LogP contribution in [0.3, 0.4) is 0 Å². The molecule has 1 heterocycles. The van der Waals surface area contributed by atoms with E-state index in [2.05, 4.69) is 4.98 Å². The lowest BCUT2D eigenvalue weighted by Crippen LogP contribution is -2.34. The molecule has 0 aliphatic carbocycles. The fourth-order valence-electron chi connectivity index (χ4n) is 2.10. The van der Waals surface area contributed by atoms with Gasteiger partial charge in [-0.1, -0.05) is 19.9 Å². The van der Waals surface area contributed by atoms with E-state index in [1.807, 2.05) is 45.9 Å². The molecule has 1 aromatic carbocycles. The van der Waals surface area contributed by atoms with Crippen LogP contribution in [0.1, 0.15) is 30.7 Å². The summed E-state index contributed by atoms with van der Waals surface area (Å²) in [4.78, 5) is 4.16. The number of hydrogen-bond acceptors (Lipinski definition) is 4. The second-order valence-corrected chi connectivity index (χ2v) is 8.85. The molecule has 0 fully saturated rings. The Hall–Kier alpha value is -1.40. The van der Waals surface area contributed by atoms with Crippen LogP contribution >= 0.6 is 11.3 Å². The van der Waals surface area contributed by atoms with Crippen LogP contribution in [0.2, 0.25) is 0 Å². The number of sulfonamides is 1. The van der Waals surface area contributed by atoms with Crippen molar-refractivity contribution in [1.29, 1.82) is 0 Å². The Kier molecular flexibility index (Phi) is 4.92. The molecule has 120 valence electrons. The predicted octanol–water partition coefficient (Wildman–Crippen LogP) is 3.92. The van der Waals surface area contributed by atoms with E-state index in [-0.39, 0.29) is 10.3 Å². The third-order valence-electron chi connectivity index (χ3n) is 3.42. The van der Waals surface area contributed by atoms with Crippen LogP contribution in [0.15, 0.2) is 27.9 Å². The molecule has 1 aromatic heterocycles. The Morgan fingerprint density at radius 2 is 1.86 bits per heavy atom. The molecule has 0 atom stereocenters. The van der Waals surface area contributed by atoms with Gasteiger partial charge in [0.25, 0.3) is 10.0 Å². The van der Waals surface area contributed by atoms with E-state index in [1.165, 1.54) is 15.6 Å². The normalized spacial score (nSPS) is 11.9. The predicted molar refractivity (Wildman–Crippen MR) is 92.1 cm³/mol. The number of aromatic nitrogens is 1. The van der Waals surface area contributed by atoms with E-state index in [1.54, 1.807) is 12.3 Å². The summed E-state index contributed by atoms with van der Waals surface area (Å²) in [5.41, 5.74) is 3.66. The summed E-state index contributed by atoms with van der Waals surface area (Å²) < 4.78 is 27.5. The first-order valence-corrected chi connectivity index (χ1v) is 9.56. The van der Waals surface area contributed by atoms with E-state index in [9.17, 15) is 8.42 Å². The number of benzene rings is 1. The van der Waals surface area contributed by atoms with Gasteiger partial charge in [0.05, 0.1) is 5.69 Å². The van der Waals surface area contributed by atoms with Crippen molar-refractivity contribution < 1.29 is 8.42 Å². The zero-order valence-corrected chi connectivity index (χ0v) is 15.3. The Labute approximate surface area is 136 Å². The van der Waals surface area contributed by atoms with Crippen molar-refractivity contribution in [3.8, 4) is 0 Å². The van der Waals surface area contributed by atoms with E-state index in [0.29, 0.717) is 12.2 Å². The zero-order valence-electron chi connectivity index (χ0n) is 13.6. The Morgan fingerprint density at radius 1 is 1.18 bits per heavy atom. The van der Waals surface area contributed by atoms with Crippen molar-refractivity contribution in [2.45, 2.75) is 39.0 Å². The van der Waals surface area contributed by atoms with Gasteiger partial charge in [0, 0.05) is 17.6 Å². The van der Waals surface area contributed by atoms with Gasteiger partial charge < -0.3 is 0 Å². The van der Waals surface area contributed by atoms with Crippen LogP contribution in [0.4, 0.5) is 5.69 Å². The molecule has 2 aromatic rings. The molecule has 0 aliphatic rings. The second-order valence-electron chi connectivity index (χ2n) is 5.95. The number of nitrogens with zero attached hydrogens (tertiary/aromatic N) is 2.